The number of benzene rings is 1. The molecule has 0 aromatic heterocycles. The summed E-state index contributed by atoms with van der Waals surface area (Å²) in [6.07, 6.45) is 1.03. The second kappa shape index (κ2) is 6.79. The highest BCUT2D eigenvalue weighted by Gasteiger charge is 2.57. The number of urea groups is 1. The zero-order chi connectivity index (χ0) is 20.1. The molecule has 1 aromatic carbocycles. The Bertz CT molecular complexity index is 789. The van der Waals surface area contributed by atoms with E-state index in [0.29, 0.717) is 38.9 Å². The molecule has 4 amide bonds. The minimum Gasteiger partial charge on any atom is -0.480 e. The molecule has 3 aliphatic rings. The van der Waals surface area contributed by atoms with Crippen LogP contribution in [-0.2, 0) is 16.0 Å². The highest BCUT2D eigenvalue weighted by molar-refractivity contribution is 6.07. The van der Waals surface area contributed by atoms with Crippen LogP contribution in [0.4, 0.5) is 4.79 Å². The molecular formula is C21H27N3O4. The van der Waals surface area contributed by atoms with Gasteiger partial charge in [0.15, 0.2) is 6.10 Å². The van der Waals surface area contributed by atoms with Crippen LogP contribution in [0.5, 0.6) is 5.75 Å². The fourth-order valence-electron chi connectivity index (χ4n) is 4.60. The molecule has 2 fully saturated rings. The van der Waals surface area contributed by atoms with Gasteiger partial charge in [-0.2, -0.15) is 0 Å². The Balaban J connectivity index is 1.46. The summed E-state index contributed by atoms with van der Waals surface area (Å²) in [4.78, 5) is 43.2. The molecule has 1 unspecified atom stereocenters. The summed E-state index contributed by atoms with van der Waals surface area (Å²) in [5.74, 6) is 0.863. The third-order valence-corrected chi connectivity index (χ3v) is 6.11. The molecule has 7 nitrogen and oxygen atoms in total. The van der Waals surface area contributed by atoms with Crippen molar-refractivity contribution >= 4 is 17.8 Å². The van der Waals surface area contributed by atoms with Gasteiger partial charge in [-0.25, -0.2) is 4.79 Å². The molecule has 2 saturated heterocycles. The second-order valence-corrected chi connectivity index (χ2v) is 8.43. The fraction of sp³-hybridized carbons (Fsp3) is 0.571. The number of carbonyl (C=O) groups is 3. The van der Waals surface area contributed by atoms with Crippen LogP contribution in [0.25, 0.3) is 0 Å². The first-order valence-corrected chi connectivity index (χ1v) is 9.96. The van der Waals surface area contributed by atoms with Crippen molar-refractivity contribution < 1.29 is 19.1 Å². The number of hydrogen-bond donors (Lipinski definition) is 0. The number of para-hydroxylation sites is 1. The number of amides is 4. The number of imide groups is 1. The molecule has 1 spiro atoms. The van der Waals surface area contributed by atoms with Gasteiger partial charge in [0.25, 0.3) is 11.8 Å². The average Bonchev–Trinajstić information content (AvgIpc) is 3.19. The monoisotopic (exact) mass is 385 g/mol. The summed E-state index contributed by atoms with van der Waals surface area (Å²) in [5.41, 5.74) is 0.238. The predicted molar refractivity (Wildman–Crippen MR) is 103 cm³/mol. The van der Waals surface area contributed by atoms with Gasteiger partial charge < -0.3 is 14.5 Å². The number of nitrogens with zero attached hydrogens (tertiary/aromatic N) is 3. The van der Waals surface area contributed by atoms with Crippen LogP contribution in [0.1, 0.15) is 32.3 Å². The number of hydrogen-bond acceptors (Lipinski definition) is 4. The number of piperidine rings is 1. The van der Waals surface area contributed by atoms with Gasteiger partial charge in [-0.15, -0.1) is 0 Å². The summed E-state index contributed by atoms with van der Waals surface area (Å²) < 4.78 is 5.84. The van der Waals surface area contributed by atoms with Crippen molar-refractivity contribution in [2.24, 2.45) is 5.92 Å². The first kappa shape index (κ1) is 18.8. The van der Waals surface area contributed by atoms with E-state index in [1.54, 1.807) is 16.8 Å². The van der Waals surface area contributed by atoms with E-state index in [1.165, 1.54) is 4.90 Å². The van der Waals surface area contributed by atoms with Crippen molar-refractivity contribution in [2.75, 3.05) is 26.7 Å². The van der Waals surface area contributed by atoms with Crippen molar-refractivity contribution in [3.8, 4) is 5.75 Å². The van der Waals surface area contributed by atoms with Gasteiger partial charge in [0.05, 0.1) is 0 Å². The van der Waals surface area contributed by atoms with E-state index < -0.39 is 11.6 Å². The van der Waals surface area contributed by atoms with Gasteiger partial charge in [0, 0.05) is 33.1 Å². The van der Waals surface area contributed by atoms with Crippen LogP contribution < -0.4 is 4.74 Å². The lowest BCUT2D eigenvalue weighted by Gasteiger charge is -2.43. The molecule has 0 aliphatic carbocycles. The Morgan fingerprint density at radius 1 is 1.21 bits per heavy atom. The third kappa shape index (κ3) is 2.84. The van der Waals surface area contributed by atoms with E-state index in [9.17, 15) is 14.4 Å². The Morgan fingerprint density at radius 2 is 1.89 bits per heavy atom. The van der Waals surface area contributed by atoms with E-state index >= 15 is 0 Å². The van der Waals surface area contributed by atoms with Gasteiger partial charge in [0.2, 0.25) is 0 Å². The maximum Gasteiger partial charge on any atom is 0.327 e. The first-order valence-electron chi connectivity index (χ1n) is 9.96. The maximum absolute atomic E-state index is 13.0. The molecular weight excluding hydrogens is 358 g/mol. The van der Waals surface area contributed by atoms with Gasteiger partial charge in [-0.1, -0.05) is 32.0 Å². The lowest BCUT2D eigenvalue weighted by atomic mass is 9.85. The van der Waals surface area contributed by atoms with Gasteiger partial charge in [0.1, 0.15) is 11.3 Å². The normalized spacial score (nSPS) is 23.6. The summed E-state index contributed by atoms with van der Waals surface area (Å²) in [5, 5.41) is 0. The van der Waals surface area contributed by atoms with E-state index in [-0.39, 0.29) is 23.8 Å². The lowest BCUT2D eigenvalue weighted by molar-refractivity contribution is -0.144. The predicted octanol–water partition coefficient (Wildman–Crippen LogP) is 1.90. The molecule has 28 heavy (non-hydrogen) atoms. The summed E-state index contributed by atoms with van der Waals surface area (Å²) >= 11 is 0. The molecule has 0 N–H and O–H groups in total. The topological polar surface area (TPSA) is 70.2 Å². The second-order valence-electron chi connectivity index (χ2n) is 8.43. The minimum atomic E-state index is -0.813. The van der Waals surface area contributed by atoms with E-state index in [4.69, 9.17) is 4.74 Å². The highest BCUT2D eigenvalue weighted by Crippen LogP contribution is 2.38. The van der Waals surface area contributed by atoms with E-state index in [1.807, 2.05) is 38.1 Å². The van der Waals surface area contributed by atoms with Gasteiger partial charge >= 0.3 is 6.03 Å². The van der Waals surface area contributed by atoms with Crippen molar-refractivity contribution in [3.05, 3.63) is 29.8 Å². The molecule has 0 radical (unpaired) electrons. The van der Waals surface area contributed by atoms with Crippen LogP contribution in [-0.4, -0.2) is 70.9 Å². The van der Waals surface area contributed by atoms with Crippen molar-refractivity contribution in [3.63, 3.8) is 0 Å². The number of likely N-dealkylation sites (tertiary alicyclic amines) is 1. The quantitative estimate of drug-likeness (QED) is 0.745. The average molecular weight is 385 g/mol. The van der Waals surface area contributed by atoms with E-state index in [0.717, 1.165) is 11.3 Å². The fourth-order valence-corrected chi connectivity index (χ4v) is 4.60. The third-order valence-electron chi connectivity index (χ3n) is 6.11. The van der Waals surface area contributed by atoms with Gasteiger partial charge in [-0.05, 0) is 30.4 Å². The summed E-state index contributed by atoms with van der Waals surface area (Å²) in [6.45, 7) is 5.53. The number of rotatable bonds is 3. The molecule has 3 aliphatic heterocycles. The lowest BCUT2D eigenvalue weighted by Crippen LogP contribution is -2.59. The van der Waals surface area contributed by atoms with Crippen molar-refractivity contribution in [1.29, 1.82) is 0 Å². The SMILES string of the molecule is CC(C)CN1C(=O)N(C)C(=O)C12CCN(C(=O)C1Cc3ccccc3O1)CC2. The summed E-state index contributed by atoms with van der Waals surface area (Å²) in [6, 6.07) is 7.49. The first-order chi connectivity index (χ1) is 13.3. The van der Waals surface area contributed by atoms with Crippen LogP contribution in [0.2, 0.25) is 0 Å². The Kier molecular flexibility index (Phi) is 4.56. The Hall–Kier alpha value is -2.57. The summed E-state index contributed by atoms with van der Waals surface area (Å²) in [7, 11) is 1.55. The molecule has 1 atom stereocenters. The minimum absolute atomic E-state index is 0.0356. The maximum atomic E-state index is 13.0. The zero-order valence-corrected chi connectivity index (χ0v) is 16.7. The number of ether oxygens (including phenoxy) is 1. The van der Waals surface area contributed by atoms with Crippen LogP contribution >= 0.6 is 0 Å². The number of likely N-dealkylation sites (N-methyl/N-ethyl adjacent to an activating group) is 1. The number of carbonyl (C=O) groups excluding carboxylic acids is 3. The molecule has 0 bridgehead atoms. The Labute approximate surface area is 165 Å². The molecule has 4 rings (SSSR count). The van der Waals surface area contributed by atoms with Crippen LogP contribution in [0, 0.1) is 5.92 Å². The molecule has 3 heterocycles. The number of fused-ring (bicyclic) bond motifs is 1. The van der Waals surface area contributed by atoms with Gasteiger partial charge in [-0.3, -0.25) is 14.5 Å². The smallest absolute Gasteiger partial charge is 0.327 e. The Morgan fingerprint density at radius 3 is 2.54 bits per heavy atom. The molecule has 0 saturated carbocycles. The molecule has 150 valence electrons. The van der Waals surface area contributed by atoms with E-state index in [2.05, 4.69) is 0 Å². The van der Waals surface area contributed by atoms with Crippen molar-refractivity contribution in [1.82, 2.24) is 14.7 Å². The highest BCUT2D eigenvalue weighted by atomic mass is 16.5. The zero-order valence-electron chi connectivity index (χ0n) is 16.7. The van der Waals surface area contributed by atoms with Crippen LogP contribution in [0.3, 0.4) is 0 Å². The van der Waals surface area contributed by atoms with Crippen molar-refractivity contribution in [2.45, 2.75) is 44.8 Å². The molecule has 1 aromatic rings. The largest absolute Gasteiger partial charge is 0.480 e. The molecule has 7 heteroatoms. The standard InChI is InChI=1S/C21H27N3O4/c1-14(2)13-24-20(27)22(3)19(26)21(24)8-10-23(11-9-21)18(25)17-12-15-6-4-5-7-16(15)28-17/h4-7,14,17H,8-13H2,1-3H3. The van der Waals surface area contributed by atoms with Crippen LogP contribution in [0.15, 0.2) is 24.3 Å².